The number of nitrogens with zero attached hydrogens (tertiary/aromatic N) is 1. The third kappa shape index (κ3) is 5.61. The van der Waals surface area contributed by atoms with Crippen LogP contribution in [0.1, 0.15) is 5.56 Å². The molecule has 0 amide bonds. The van der Waals surface area contributed by atoms with Gasteiger partial charge in [0.2, 0.25) is 0 Å². The first-order chi connectivity index (χ1) is 11.1. The Labute approximate surface area is 141 Å². The summed E-state index contributed by atoms with van der Waals surface area (Å²) in [6.45, 7) is 0.962. The number of likely N-dealkylation sites (N-methyl/N-ethyl adjacent to an activating group) is 1. The Morgan fingerprint density at radius 1 is 0.960 bits per heavy atom. The summed E-state index contributed by atoms with van der Waals surface area (Å²) in [6, 6.07) is 13.0. The molecular weight excluding hydrogens is 367 g/mol. The zero-order valence-corrected chi connectivity index (χ0v) is 14.7. The third-order valence-electron chi connectivity index (χ3n) is 3.71. The van der Waals surface area contributed by atoms with Crippen molar-refractivity contribution in [1.29, 1.82) is 0 Å². The molecule has 2 aromatic carbocycles. The average Bonchev–Trinajstić information content (AvgIpc) is 2.41. The van der Waals surface area contributed by atoms with Crippen LogP contribution in [-0.4, -0.2) is 27.7 Å². The predicted molar refractivity (Wildman–Crippen MR) is 91.0 cm³/mol. The molecule has 9 heteroatoms. The summed E-state index contributed by atoms with van der Waals surface area (Å²) in [5, 5.41) is 2.66. The van der Waals surface area contributed by atoms with Crippen LogP contribution >= 0.6 is 7.81 Å². The van der Waals surface area contributed by atoms with Crippen LogP contribution in [-0.2, 0) is 4.74 Å². The van der Waals surface area contributed by atoms with E-state index in [2.05, 4.69) is 50.5 Å². The van der Waals surface area contributed by atoms with Gasteiger partial charge in [-0.2, -0.15) is 0 Å². The predicted octanol–water partition coefficient (Wildman–Crippen LogP) is 6.79. The molecule has 3 rings (SSSR count). The summed E-state index contributed by atoms with van der Waals surface area (Å²) >= 11 is 0. The normalized spacial score (nSPS) is 20.3. The van der Waals surface area contributed by atoms with Crippen LogP contribution in [0.3, 0.4) is 0 Å². The van der Waals surface area contributed by atoms with Crippen LogP contribution in [0, 0.1) is 0 Å². The average molecular weight is 385 g/mol. The van der Waals surface area contributed by atoms with Gasteiger partial charge in [0, 0.05) is 11.1 Å². The van der Waals surface area contributed by atoms with E-state index in [-0.39, 0.29) is 0 Å². The topological polar surface area (TPSA) is 9.23 Å². The SMILES string of the molecule is CO/C=C1/C[N+](C)(C)c2cccc3cccc1c23.F[P-](F)(F)(F)(F)F. The van der Waals surface area contributed by atoms with Gasteiger partial charge in [0.1, 0.15) is 12.2 Å². The minimum atomic E-state index is -10.7. The number of ether oxygens (including phenoxy) is 1. The Balaban J connectivity index is 0.000000277. The molecule has 1 heterocycles. The van der Waals surface area contributed by atoms with Crippen molar-refractivity contribution in [3.05, 3.63) is 48.2 Å². The van der Waals surface area contributed by atoms with E-state index in [0.29, 0.717) is 0 Å². The van der Waals surface area contributed by atoms with Crippen molar-refractivity contribution in [3.8, 4) is 0 Å². The molecule has 0 bridgehead atoms. The molecule has 140 valence electrons. The van der Waals surface area contributed by atoms with E-state index in [9.17, 15) is 25.2 Å². The van der Waals surface area contributed by atoms with Crippen LogP contribution in [0.5, 0.6) is 0 Å². The van der Waals surface area contributed by atoms with E-state index in [0.717, 1.165) is 11.0 Å². The summed E-state index contributed by atoms with van der Waals surface area (Å²) < 4.78 is 65.3. The summed E-state index contributed by atoms with van der Waals surface area (Å²) in [6.07, 6.45) is 1.88. The second-order valence-electron chi connectivity index (χ2n) is 6.36. The standard InChI is InChI=1S/C16H18NO.F6P/c1-17(2)10-13(11-18-3)14-8-4-6-12-7-5-9-15(17)16(12)14;1-7(2,3,4,5)6/h4-9,11H,10H2,1-3H3;/q+1;-1/b13-11-;. The molecule has 1 aliphatic rings. The number of rotatable bonds is 1. The Hall–Kier alpha value is -1.79. The van der Waals surface area contributed by atoms with Gasteiger partial charge in [-0.15, -0.1) is 0 Å². The Kier molecular flexibility index (Phi) is 4.18. The van der Waals surface area contributed by atoms with Crippen molar-refractivity contribution >= 4 is 29.8 Å². The summed E-state index contributed by atoms with van der Waals surface area (Å²) in [7, 11) is -4.45. The number of quaternary nitrogens is 1. The summed E-state index contributed by atoms with van der Waals surface area (Å²) in [4.78, 5) is 0. The van der Waals surface area contributed by atoms with Gasteiger partial charge in [0.05, 0.1) is 32.9 Å². The van der Waals surface area contributed by atoms with Gasteiger partial charge in [0.15, 0.2) is 0 Å². The first-order valence-electron chi connectivity index (χ1n) is 7.22. The fourth-order valence-electron chi connectivity index (χ4n) is 2.93. The zero-order valence-electron chi connectivity index (χ0n) is 13.8. The van der Waals surface area contributed by atoms with E-state index in [1.807, 2.05) is 6.26 Å². The molecule has 0 N–H and O–H groups in total. The number of methoxy groups -OCH3 is 1. The Bertz CT molecular complexity index is 826. The van der Waals surface area contributed by atoms with Crippen molar-refractivity contribution in [3.63, 3.8) is 0 Å². The molecule has 0 radical (unpaired) electrons. The molecule has 2 nitrogen and oxygen atoms in total. The van der Waals surface area contributed by atoms with Gasteiger partial charge in [-0.1, -0.05) is 30.3 Å². The van der Waals surface area contributed by atoms with Gasteiger partial charge in [-0.25, -0.2) is 0 Å². The van der Waals surface area contributed by atoms with Gasteiger partial charge in [0.25, 0.3) is 0 Å². The monoisotopic (exact) mass is 385 g/mol. The van der Waals surface area contributed by atoms with Crippen molar-refractivity contribution in [1.82, 2.24) is 4.48 Å². The minimum absolute atomic E-state index is 0.865. The fourth-order valence-corrected chi connectivity index (χ4v) is 2.93. The molecule has 0 aliphatic carbocycles. The van der Waals surface area contributed by atoms with Crippen molar-refractivity contribution in [2.45, 2.75) is 0 Å². The molecule has 0 atom stereocenters. The van der Waals surface area contributed by atoms with E-state index in [4.69, 9.17) is 4.74 Å². The van der Waals surface area contributed by atoms with Crippen molar-refractivity contribution in [2.24, 2.45) is 0 Å². The van der Waals surface area contributed by atoms with Crippen LogP contribution in [0.2, 0.25) is 0 Å². The first-order valence-corrected chi connectivity index (χ1v) is 9.25. The molecular formula is C16H18F6NOP. The Morgan fingerprint density at radius 2 is 1.48 bits per heavy atom. The number of benzene rings is 2. The van der Waals surface area contributed by atoms with Crippen molar-refractivity contribution in [2.75, 3.05) is 27.7 Å². The van der Waals surface area contributed by atoms with E-state index in [1.54, 1.807) is 7.11 Å². The maximum atomic E-state index is 9.87. The van der Waals surface area contributed by atoms with E-state index >= 15 is 0 Å². The van der Waals surface area contributed by atoms with E-state index in [1.165, 1.54) is 27.6 Å². The Morgan fingerprint density at radius 3 is 2.00 bits per heavy atom. The molecule has 0 aromatic heterocycles. The molecule has 1 aliphatic heterocycles. The summed E-state index contributed by atoms with van der Waals surface area (Å²) in [5.41, 5.74) is 3.96. The molecule has 0 unspecified atom stereocenters. The second-order valence-corrected chi connectivity index (χ2v) is 8.28. The number of hydrogen-bond donors (Lipinski definition) is 0. The maximum absolute atomic E-state index is 10.7. The van der Waals surface area contributed by atoms with Gasteiger partial charge in [-0.3, -0.25) is 4.48 Å². The van der Waals surface area contributed by atoms with Crippen LogP contribution in [0.4, 0.5) is 30.9 Å². The molecule has 2 aromatic rings. The van der Waals surface area contributed by atoms with E-state index < -0.39 is 7.81 Å². The van der Waals surface area contributed by atoms with Gasteiger partial charge < -0.3 is 4.74 Å². The first kappa shape index (κ1) is 19.5. The summed E-state index contributed by atoms with van der Waals surface area (Å²) in [5.74, 6) is 0. The molecule has 0 saturated carbocycles. The number of hydrogen-bond acceptors (Lipinski definition) is 1. The van der Waals surface area contributed by atoms with Gasteiger partial charge >= 0.3 is 33.0 Å². The van der Waals surface area contributed by atoms with Gasteiger partial charge in [-0.05, 0) is 11.5 Å². The zero-order chi connectivity index (χ0) is 19.2. The van der Waals surface area contributed by atoms with Crippen LogP contribution < -0.4 is 4.48 Å². The molecule has 25 heavy (non-hydrogen) atoms. The molecule has 0 fully saturated rings. The molecule has 0 saturated heterocycles. The fraction of sp³-hybridized carbons (Fsp3) is 0.250. The second kappa shape index (κ2) is 5.35. The number of halogens is 6. The quantitative estimate of drug-likeness (QED) is 0.227. The van der Waals surface area contributed by atoms with Crippen molar-refractivity contribution < 1.29 is 29.9 Å². The molecule has 0 spiro atoms. The van der Waals surface area contributed by atoms with Crippen LogP contribution in [0.25, 0.3) is 16.3 Å². The third-order valence-corrected chi connectivity index (χ3v) is 3.71. The van der Waals surface area contributed by atoms with Crippen LogP contribution in [0.15, 0.2) is 42.7 Å².